The molecule has 0 aliphatic carbocycles. The van der Waals surface area contributed by atoms with E-state index in [0.717, 1.165) is 11.3 Å². The van der Waals surface area contributed by atoms with E-state index >= 15 is 0 Å². The van der Waals surface area contributed by atoms with Crippen molar-refractivity contribution in [3.8, 4) is 5.75 Å². The van der Waals surface area contributed by atoms with Crippen LogP contribution in [0.3, 0.4) is 0 Å². The normalized spacial score (nSPS) is 11.5. The number of carboxylic acids is 1. The minimum atomic E-state index is -1.20. The van der Waals surface area contributed by atoms with Crippen LogP contribution >= 0.6 is 11.3 Å². The Bertz CT molecular complexity index is 513. The van der Waals surface area contributed by atoms with E-state index in [1.807, 2.05) is 0 Å². The van der Waals surface area contributed by atoms with E-state index < -0.39 is 23.9 Å². The predicted octanol–water partition coefficient (Wildman–Crippen LogP) is 1.28. The molecule has 0 radical (unpaired) electrons. The number of hydrogen-bond acceptors (Lipinski definition) is 6. The molecular weight excluding hydrogens is 298 g/mol. The molecule has 7 nitrogen and oxygen atoms in total. The van der Waals surface area contributed by atoms with Crippen molar-refractivity contribution in [1.29, 1.82) is 0 Å². The van der Waals surface area contributed by atoms with Crippen LogP contribution in [0.25, 0.3) is 0 Å². The second-order valence-electron chi connectivity index (χ2n) is 4.06. The van der Waals surface area contributed by atoms with Crippen molar-refractivity contribution in [3.05, 3.63) is 16.3 Å². The number of amides is 1. The van der Waals surface area contributed by atoms with E-state index in [0.29, 0.717) is 10.6 Å². The van der Waals surface area contributed by atoms with Crippen LogP contribution in [0.2, 0.25) is 0 Å². The minimum absolute atomic E-state index is 0.0254. The van der Waals surface area contributed by atoms with Crippen molar-refractivity contribution in [2.45, 2.75) is 25.8 Å². The van der Waals surface area contributed by atoms with Gasteiger partial charge in [0.15, 0.2) is 0 Å². The molecule has 0 bridgehead atoms. The fourth-order valence-corrected chi connectivity index (χ4v) is 2.28. The molecule has 0 saturated heterocycles. The van der Waals surface area contributed by atoms with Gasteiger partial charge in [0.1, 0.15) is 11.8 Å². The van der Waals surface area contributed by atoms with Gasteiger partial charge in [0.25, 0.3) is 5.91 Å². The number of nitrogens with one attached hydrogen (secondary N) is 1. The first-order valence-electron chi connectivity index (χ1n) is 6.29. The Kier molecular flexibility index (Phi) is 6.67. The van der Waals surface area contributed by atoms with Gasteiger partial charge in [-0.05, 0) is 13.3 Å². The summed E-state index contributed by atoms with van der Waals surface area (Å²) in [6, 6.07) is 0.375. The second kappa shape index (κ2) is 8.25. The molecule has 1 heterocycles. The molecule has 0 aliphatic heterocycles. The molecule has 0 spiro atoms. The molecule has 8 heteroatoms. The third-order valence-corrected chi connectivity index (χ3v) is 3.49. The van der Waals surface area contributed by atoms with E-state index in [9.17, 15) is 14.4 Å². The fraction of sp³-hybridized carbons (Fsp3) is 0.462. The summed E-state index contributed by atoms with van der Waals surface area (Å²) in [7, 11) is 1.48. The standard InChI is InChI=1S/C13H17NO6S/c1-3-20-11(15)5-4-9(13(17)18)14-12(16)10-6-8(19-2)7-21-10/h6-7,9H,3-5H2,1-2H3,(H,14,16)(H,17,18)/t9-/m0/s1. The summed E-state index contributed by atoms with van der Waals surface area (Å²) in [5.74, 6) is -1.67. The van der Waals surface area contributed by atoms with Gasteiger partial charge < -0.3 is 19.9 Å². The lowest BCUT2D eigenvalue weighted by Gasteiger charge is -2.13. The molecule has 1 aromatic heterocycles. The summed E-state index contributed by atoms with van der Waals surface area (Å²) in [5, 5.41) is 13.1. The number of carboxylic acid groups (broad SMARTS) is 1. The van der Waals surface area contributed by atoms with Crippen LogP contribution in [0, 0.1) is 0 Å². The Morgan fingerprint density at radius 1 is 1.43 bits per heavy atom. The summed E-state index contributed by atoms with van der Waals surface area (Å²) in [6.07, 6.45) is -0.0960. The number of carbonyl (C=O) groups excluding carboxylic acids is 2. The molecule has 2 N–H and O–H groups in total. The van der Waals surface area contributed by atoms with E-state index in [1.54, 1.807) is 12.3 Å². The van der Waals surface area contributed by atoms with Crippen LogP contribution in [0.4, 0.5) is 0 Å². The van der Waals surface area contributed by atoms with Crippen molar-refractivity contribution < 1.29 is 29.0 Å². The van der Waals surface area contributed by atoms with Gasteiger partial charge in [0.05, 0.1) is 18.6 Å². The average molecular weight is 315 g/mol. The summed E-state index contributed by atoms with van der Waals surface area (Å²) in [4.78, 5) is 34.6. The molecule has 1 amide bonds. The van der Waals surface area contributed by atoms with Gasteiger partial charge in [0, 0.05) is 17.9 Å². The maximum atomic E-state index is 11.9. The van der Waals surface area contributed by atoms with Crippen LogP contribution < -0.4 is 10.1 Å². The molecule has 1 rings (SSSR count). The second-order valence-corrected chi connectivity index (χ2v) is 4.97. The van der Waals surface area contributed by atoms with Gasteiger partial charge in [-0.1, -0.05) is 0 Å². The van der Waals surface area contributed by atoms with Gasteiger partial charge >= 0.3 is 11.9 Å². The number of aliphatic carboxylic acids is 1. The molecule has 21 heavy (non-hydrogen) atoms. The van der Waals surface area contributed by atoms with Crippen LogP contribution in [0.1, 0.15) is 29.4 Å². The Morgan fingerprint density at radius 2 is 2.14 bits per heavy atom. The van der Waals surface area contributed by atoms with Crippen LogP contribution in [-0.2, 0) is 14.3 Å². The maximum Gasteiger partial charge on any atom is 0.326 e. The molecule has 0 saturated carbocycles. The van der Waals surface area contributed by atoms with Gasteiger partial charge in [-0.2, -0.15) is 0 Å². The van der Waals surface area contributed by atoms with Crippen molar-refractivity contribution >= 4 is 29.2 Å². The highest BCUT2D eigenvalue weighted by Crippen LogP contribution is 2.21. The number of hydrogen-bond donors (Lipinski definition) is 2. The van der Waals surface area contributed by atoms with Crippen LogP contribution in [0.15, 0.2) is 11.4 Å². The van der Waals surface area contributed by atoms with Gasteiger partial charge in [-0.15, -0.1) is 11.3 Å². The first kappa shape index (κ1) is 17.0. The SMILES string of the molecule is CCOC(=O)CC[C@H](NC(=O)c1cc(OC)cs1)C(=O)O. The van der Waals surface area contributed by atoms with Crippen LogP contribution in [0.5, 0.6) is 5.75 Å². The van der Waals surface area contributed by atoms with Crippen molar-refractivity contribution in [1.82, 2.24) is 5.32 Å². The van der Waals surface area contributed by atoms with Crippen molar-refractivity contribution in [3.63, 3.8) is 0 Å². The molecular formula is C13H17NO6S. The van der Waals surface area contributed by atoms with E-state index in [4.69, 9.17) is 14.6 Å². The highest BCUT2D eigenvalue weighted by atomic mass is 32.1. The zero-order valence-corrected chi connectivity index (χ0v) is 12.6. The molecule has 0 unspecified atom stereocenters. The molecule has 0 fully saturated rings. The van der Waals surface area contributed by atoms with E-state index in [2.05, 4.69) is 5.32 Å². The Morgan fingerprint density at radius 3 is 2.67 bits per heavy atom. The summed E-state index contributed by atoms with van der Waals surface area (Å²) >= 11 is 1.15. The quantitative estimate of drug-likeness (QED) is 0.701. The van der Waals surface area contributed by atoms with Gasteiger partial charge in [-0.3, -0.25) is 9.59 Å². The van der Waals surface area contributed by atoms with Gasteiger partial charge in [-0.25, -0.2) is 4.79 Å². The van der Waals surface area contributed by atoms with E-state index in [-0.39, 0.29) is 19.4 Å². The predicted molar refractivity (Wildman–Crippen MR) is 75.6 cm³/mol. The molecule has 1 atom stereocenters. The molecule has 0 aliphatic rings. The van der Waals surface area contributed by atoms with Gasteiger partial charge in [0.2, 0.25) is 0 Å². The topological polar surface area (TPSA) is 102 Å². The average Bonchev–Trinajstić information content (AvgIpc) is 2.92. The third kappa shape index (κ3) is 5.42. The zero-order chi connectivity index (χ0) is 15.8. The zero-order valence-electron chi connectivity index (χ0n) is 11.8. The number of ether oxygens (including phenoxy) is 2. The summed E-state index contributed by atoms with van der Waals surface area (Å²) in [5.41, 5.74) is 0. The molecule has 116 valence electrons. The molecule has 1 aromatic rings. The summed E-state index contributed by atoms with van der Waals surface area (Å²) in [6.45, 7) is 1.90. The maximum absolute atomic E-state index is 11.9. The lowest BCUT2D eigenvalue weighted by Crippen LogP contribution is -2.40. The highest BCUT2D eigenvalue weighted by molar-refractivity contribution is 7.12. The van der Waals surface area contributed by atoms with Crippen LogP contribution in [-0.4, -0.2) is 42.7 Å². The number of thiophene rings is 1. The Balaban J connectivity index is 2.59. The smallest absolute Gasteiger partial charge is 0.326 e. The van der Waals surface area contributed by atoms with Crippen molar-refractivity contribution in [2.75, 3.05) is 13.7 Å². The largest absolute Gasteiger partial charge is 0.496 e. The number of methoxy groups -OCH3 is 1. The highest BCUT2D eigenvalue weighted by Gasteiger charge is 2.22. The van der Waals surface area contributed by atoms with Crippen molar-refractivity contribution in [2.24, 2.45) is 0 Å². The lowest BCUT2D eigenvalue weighted by molar-refractivity contribution is -0.144. The first-order valence-corrected chi connectivity index (χ1v) is 7.17. The Labute approximate surface area is 125 Å². The van der Waals surface area contributed by atoms with E-state index in [1.165, 1.54) is 13.2 Å². The first-order chi connectivity index (χ1) is 9.97. The molecule has 0 aromatic carbocycles. The lowest BCUT2D eigenvalue weighted by atomic mass is 10.1. The number of rotatable bonds is 8. The Hall–Kier alpha value is -2.09. The minimum Gasteiger partial charge on any atom is -0.496 e. The third-order valence-electron chi connectivity index (χ3n) is 2.58. The number of carbonyl (C=O) groups is 3. The fourth-order valence-electron chi connectivity index (χ4n) is 1.53. The monoisotopic (exact) mass is 315 g/mol. The number of esters is 1. The summed E-state index contributed by atoms with van der Waals surface area (Å²) < 4.78 is 9.68.